The molecule has 19 heavy (non-hydrogen) atoms. The highest BCUT2D eigenvalue weighted by Crippen LogP contribution is 2.27. The van der Waals surface area contributed by atoms with E-state index in [1.165, 1.54) is 18.2 Å². The van der Waals surface area contributed by atoms with Crippen LogP contribution in [0.4, 0.5) is 11.4 Å². The first-order chi connectivity index (χ1) is 9.08. The summed E-state index contributed by atoms with van der Waals surface area (Å²) in [6.07, 6.45) is 2.89. The largest absolute Gasteiger partial charge is 0.325 e. The van der Waals surface area contributed by atoms with E-state index in [0.29, 0.717) is 5.69 Å². The van der Waals surface area contributed by atoms with Gasteiger partial charge in [0.15, 0.2) is 0 Å². The predicted octanol–water partition coefficient (Wildman–Crippen LogP) is 2.33. The molecular formula is C12H14ClN3O3. The molecule has 1 aromatic carbocycles. The number of amides is 1. The summed E-state index contributed by atoms with van der Waals surface area (Å²) in [6.45, 7) is 0.832. The first-order valence-corrected chi connectivity index (χ1v) is 6.44. The van der Waals surface area contributed by atoms with Gasteiger partial charge in [0.05, 0.1) is 11.0 Å². The van der Waals surface area contributed by atoms with Crippen molar-refractivity contribution >= 4 is 28.9 Å². The Bertz CT molecular complexity index is 501. The average Bonchev–Trinajstić information content (AvgIpc) is 2.39. The van der Waals surface area contributed by atoms with Crippen molar-refractivity contribution < 1.29 is 9.72 Å². The lowest BCUT2D eigenvalue weighted by Gasteiger charge is -2.22. The third-order valence-corrected chi connectivity index (χ3v) is 3.34. The molecule has 0 radical (unpaired) electrons. The van der Waals surface area contributed by atoms with Crippen LogP contribution in [0.5, 0.6) is 0 Å². The van der Waals surface area contributed by atoms with Gasteiger partial charge < -0.3 is 10.6 Å². The molecule has 1 atom stereocenters. The molecule has 0 unspecified atom stereocenters. The van der Waals surface area contributed by atoms with Crippen LogP contribution in [-0.4, -0.2) is 23.4 Å². The number of piperidine rings is 1. The van der Waals surface area contributed by atoms with Gasteiger partial charge in [0, 0.05) is 11.8 Å². The summed E-state index contributed by atoms with van der Waals surface area (Å²) in [6, 6.07) is 3.94. The van der Waals surface area contributed by atoms with Gasteiger partial charge in [-0.1, -0.05) is 18.0 Å². The van der Waals surface area contributed by atoms with Crippen molar-refractivity contribution in [3.05, 3.63) is 33.3 Å². The molecule has 1 aliphatic heterocycles. The van der Waals surface area contributed by atoms with E-state index >= 15 is 0 Å². The van der Waals surface area contributed by atoms with Gasteiger partial charge in [0.25, 0.3) is 5.69 Å². The Balaban J connectivity index is 2.04. The van der Waals surface area contributed by atoms with Crippen LogP contribution in [0.3, 0.4) is 0 Å². The summed E-state index contributed by atoms with van der Waals surface area (Å²) in [5.74, 6) is -0.135. The molecule has 0 aliphatic carbocycles. The highest BCUT2D eigenvalue weighted by atomic mass is 35.5. The van der Waals surface area contributed by atoms with Gasteiger partial charge in [-0.05, 0) is 31.5 Å². The maximum Gasteiger partial charge on any atom is 0.288 e. The predicted molar refractivity (Wildman–Crippen MR) is 72.4 cm³/mol. The first-order valence-electron chi connectivity index (χ1n) is 6.06. The second-order valence-corrected chi connectivity index (χ2v) is 4.82. The van der Waals surface area contributed by atoms with Gasteiger partial charge in [0.1, 0.15) is 5.02 Å². The zero-order chi connectivity index (χ0) is 13.8. The quantitative estimate of drug-likeness (QED) is 0.659. The average molecular weight is 284 g/mol. The van der Waals surface area contributed by atoms with E-state index in [9.17, 15) is 14.9 Å². The van der Waals surface area contributed by atoms with Crippen molar-refractivity contribution in [2.24, 2.45) is 0 Å². The van der Waals surface area contributed by atoms with E-state index in [1.54, 1.807) is 0 Å². The van der Waals surface area contributed by atoms with E-state index in [0.717, 1.165) is 25.8 Å². The maximum absolute atomic E-state index is 11.9. The van der Waals surface area contributed by atoms with Gasteiger partial charge in [-0.15, -0.1) is 0 Å². The molecule has 1 fully saturated rings. The fourth-order valence-electron chi connectivity index (χ4n) is 2.04. The molecular weight excluding hydrogens is 270 g/mol. The van der Waals surface area contributed by atoms with Gasteiger partial charge in [-0.2, -0.15) is 0 Å². The smallest absolute Gasteiger partial charge is 0.288 e. The van der Waals surface area contributed by atoms with Crippen molar-refractivity contribution in [2.75, 3.05) is 11.9 Å². The number of nitro benzene ring substituents is 1. The van der Waals surface area contributed by atoms with E-state index in [1.807, 2.05) is 0 Å². The van der Waals surface area contributed by atoms with Gasteiger partial charge in [-0.3, -0.25) is 14.9 Å². The molecule has 0 saturated carbocycles. The van der Waals surface area contributed by atoms with Crippen LogP contribution in [0, 0.1) is 10.1 Å². The second-order valence-electron chi connectivity index (χ2n) is 4.42. The zero-order valence-corrected chi connectivity index (χ0v) is 10.9. The molecule has 0 spiro atoms. The number of hydrogen-bond donors (Lipinski definition) is 2. The van der Waals surface area contributed by atoms with Crippen molar-refractivity contribution in [1.82, 2.24) is 5.32 Å². The van der Waals surface area contributed by atoms with Crippen LogP contribution >= 0.6 is 11.6 Å². The number of carbonyl (C=O) groups excluding carboxylic acids is 1. The van der Waals surface area contributed by atoms with Crippen LogP contribution in [0.2, 0.25) is 5.02 Å². The number of anilines is 1. The standard InChI is InChI=1S/C12H14ClN3O3/c13-9-7-8(4-5-11(9)16(18)19)15-12(17)10-3-1-2-6-14-10/h4-5,7,10,14H,1-3,6H2,(H,15,17)/t10-/m0/s1. The topological polar surface area (TPSA) is 84.3 Å². The number of nitrogens with one attached hydrogen (secondary N) is 2. The van der Waals surface area contributed by atoms with Crippen molar-refractivity contribution in [3.63, 3.8) is 0 Å². The third-order valence-electron chi connectivity index (χ3n) is 3.04. The Kier molecular flexibility index (Phi) is 4.34. The van der Waals surface area contributed by atoms with Gasteiger partial charge >= 0.3 is 0 Å². The van der Waals surface area contributed by atoms with Crippen LogP contribution in [0.1, 0.15) is 19.3 Å². The van der Waals surface area contributed by atoms with Crippen LogP contribution in [-0.2, 0) is 4.79 Å². The monoisotopic (exact) mass is 283 g/mol. The molecule has 1 amide bonds. The number of hydrogen-bond acceptors (Lipinski definition) is 4. The number of halogens is 1. The highest BCUT2D eigenvalue weighted by molar-refractivity contribution is 6.33. The molecule has 6 nitrogen and oxygen atoms in total. The molecule has 2 N–H and O–H groups in total. The molecule has 1 heterocycles. The SMILES string of the molecule is O=C(Nc1ccc([N+](=O)[O-])c(Cl)c1)[C@@H]1CCCCN1. The first kappa shape index (κ1) is 13.8. The fourth-order valence-corrected chi connectivity index (χ4v) is 2.29. The zero-order valence-electron chi connectivity index (χ0n) is 10.2. The minimum absolute atomic E-state index is 0.0133. The van der Waals surface area contributed by atoms with Crippen molar-refractivity contribution in [3.8, 4) is 0 Å². The van der Waals surface area contributed by atoms with E-state index < -0.39 is 4.92 Å². The highest BCUT2D eigenvalue weighted by Gasteiger charge is 2.21. The summed E-state index contributed by atoms with van der Waals surface area (Å²) >= 11 is 5.79. The summed E-state index contributed by atoms with van der Waals surface area (Å²) in [5.41, 5.74) is 0.295. The minimum atomic E-state index is -0.559. The van der Waals surface area contributed by atoms with Crippen LogP contribution < -0.4 is 10.6 Å². The summed E-state index contributed by atoms with van der Waals surface area (Å²) in [7, 11) is 0. The van der Waals surface area contributed by atoms with Crippen LogP contribution in [0.15, 0.2) is 18.2 Å². The number of benzene rings is 1. The van der Waals surface area contributed by atoms with E-state index in [2.05, 4.69) is 10.6 Å². The Labute approximate surface area is 115 Å². The lowest BCUT2D eigenvalue weighted by Crippen LogP contribution is -2.43. The van der Waals surface area contributed by atoms with E-state index in [-0.39, 0.29) is 22.7 Å². The molecule has 7 heteroatoms. The Hall–Kier alpha value is -1.66. The minimum Gasteiger partial charge on any atom is -0.325 e. The molecule has 0 bridgehead atoms. The second kappa shape index (κ2) is 5.99. The molecule has 1 aliphatic rings. The number of nitrogens with zero attached hydrogens (tertiary/aromatic N) is 1. The molecule has 1 aromatic rings. The number of nitro groups is 1. The van der Waals surface area contributed by atoms with Gasteiger partial charge in [0.2, 0.25) is 5.91 Å². The molecule has 2 rings (SSSR count). The molecule has 1 saturated heterocycles. The number of carbonyl (C=O) groups is 1. The Morgan fingerprint density at radius 1 is 1.47 bits per heavy atom. The van der Waals surface area contributed by atoms with Crippen molar-refractivity contribution in [1.29, 1.82) is 0 Å². The van der Waals surface area contributed by atoms with E-state index in [4.69, 9.17) is 11.6 Å². The van der Waals surface area contributed by atoms with Crippen molar-refractivity contribution in [2.45, 2.75) is 25.3 Å². The molecule has 102 valence electrons. The molecule has 0 aromatic heterocycles. The summed E-state index contributed by atoms with van der Waals surface area (Å²) in [5, 5.41) is 16.5. The lowest BCUT2D eigenvalue weighted by atomic mass is 10.0. The summed E-state index contributed by atoms with van der Waals surface area (Å²) < 4.78 is 0. The van der Waals surface area contributed by atoms with Crippen LogP contribution in [0.25, 0.3) is 0 Å². The third kappa shape index (κ3) is 3.42. The van der Waals surface area contributed by atoms with Gasteiger partial charge in [-0.25, -0.2) is 0 Å². The number of rotatable bonds is 3. The lowest BCUT2D eigenvalue weighted by molar-refractivity contribution is -0.384. The fraction of sp³-hybridized carbons (Fsp3) is 0.417. The Morgan fingerprint density at radius 2 is 2.26 bits per heavy atom. The Morgan fingerprint density at radius 3 is 2.84 bits per heavy atom. The maximum atomic E-state index is 11.9. The normalized spacial score (nSPS) is 18.9. The summed E-state index contributed by atoms with van der Waals surface area (Å²) in [4.78, 5) is 22.0.